The second-order valence-corrected chi connectivity index (χ2v) is 7.21. The Morgan fingerprint density at radius 2 is 1.50 bits per heavy atom. The van der Waals surface area contributed by atoms with E-state index in [1.165, 1.54) is 51.4 Å². The van der Waals surface area contributed by atoms with Crippen LogP contribution in [0.25, 0.3) is 0 Å². The molecule has 2 aliphatic rings. The summed E-state index contributed by atoms with van der Waals surface area (Å²) in [5.74, 6) is 3.99. The zero-order valence-electron chi connectivity index (χ0n) is 12.8. The van der Waals surface area contributed by atoms with Crippen LogP contribution in [-0.2, 0) is 0 Å². The maximum atomic E-state index is 3.72. The fraction of sp³-hybridized carbons (Fsp3) is 1.00. The average Bonchev–Trinajstić information content (AvgIpc) is 2.54. The summed E-state index contributed by atoms with van der Waals surface area (Å²) in [6.07, 6.45) is 11.8. The Kier molecular flexibility index (Phi) is 5.54. The lowest BCUT2D eigenvalue weighted by Gasteiger charge is -2.37. The molecule has 1 nitrogen and oxygen atoms in total. The molecule has 2 rings (SSSR count). The predicted molar refractivity (Wildman–Crippen MR) is 79.7 cm³/mol. The molecule has 1 N–H and O–H groups in total. The van der Waals surface area contributed by atoms with Gasteiger partial charge in [0.1, 0.15) is 0 Å². The summed E-state index contributed by atoms with van der Waals surface area (Å²) < 4.78 is 0. The zero-order valence-corrected chi connectivity index (χ0v) is 12.8. The van der Waals surface area contributed by atoms with Crippen molar-refractivity contribution in [1.29, 1.82) is 0 Å². The molecule has 2 saturated carbocycles. The third-order valence-electron chi connectivity index (χ3n) is 5.34. The van der Waals surface area contributed by atoms with Crippen molar-refractivity contribution in [3.63, 3.8) is 0 Å². The Hall–Kier alpha value is -0.0400. The first kappa shape index (κ1) is 14.4. The van der Waals surface area contributed by atoms with E-state index in [1.807, 2.05) is 0 Å². The van der Waals surface area contributed by atoms with Crippen LogP contribution in [0.5, 0.6) is 0 Å². The Balaban J connectivity index is 1.92. The molecular formula is C17H33N. The number of hydrogen-bond donors (Lipinski definition) is 1. The summed E-state index contributed by atoms with van der Waals surface area (Å²) >= 11 is 0. The largest absolute Gasteiger partial charge is 0.314 e. The number of nitrogens with one attached hydrogen (secondary N) is 1. The lowest BCUT2D eigenvalue weighted by molar-refractivity contribution is 0.143. The molecule has 0 aliphatic heterocycles. The Bertz CT molecular complexity index is 228. The first-order valence-corrected chi connectivity index (χ1v) is 8.42. The molecule has 0 amide bonds. The SMILES string of the molecule is CCNC1CCCCC(C2CC(C)CC(C)C2)C1. The standard InChI is InChI=1S/C17H33N/c1-4-18-17-8-6-5-7-15(12-17)16-10-13(2)9-14(3)11-16/h13-18H,4-12H2,1-3H3. The monoisotopic (exact) mass is 251 g/mol. The topological polar surface area (TPSA) is 12.0 Å². The molecule has 0 saturated heterocycles. The molecule has 2 aliphatic carbocycles. The highest BCUT2D eigenvalue weighted by molar-refractivity contribution is 4.84. The average molecular weight is 251 g/mol. The van der Waals surface area contributed by atoms with Gasteiger partial charge >= 0.3 is 0 Å². The van der Waals surface area contributed by atoms with Gasteiger partial charge in [-0.2, -0.15) is 0 Å². The lowest BCUT2D eigenvalue weighted by atomic mass is 9.69. The van der Waals surface area contributed by atoms with Crippen molar-refractivity contribution in [3.05, 3.63) is 0 Å². The summed E-state index contributed by atoms with van der Waals surface area (Å²) in [6.45, 7) is 8.35. The number of rotatable bonds is 3. The molecule has 0 aromatic carbocycles. The van der Waals surface area contributed by atoms with Crippen molar-refractivity contribution in [3.8, 4) is 0 Å². The van der Waals surface area contributed by atoms with Gasteiger partial charge in [0.15, 0.2) is 0 Å². The van der Waals surface area contributed by atoms with Crippen LogP contribution < -0.4 is 5.32 Å². The van der Waals surface area contributed by atoms with Crippen LogP contribution in [0.3, 0.4) is 0 Å². The highest BCUT2D eigenvalue weighted by Crippen LogP contribution is 2.41. The molecule has 0 radical (unpaired) electrons. The van der Waals surface area contributed by atoms with E-state index in [4.69, 9.17) is 0 Å². The van der Waals surface area contributed by atoms with Gasteiger partial charge in [0.2, 0.25) is 0 Å². The van der Waals surface area contributed by atoms with Crippen LogP contribution in [0.1, 0.15) is 72.1 Å². The summed E-state index contributed by atoms with van der Waals surface area (Å²) in [6, 6.07) is 0.815. The molecule has 0 aromatic heterocycles. The van der Waals surface area contributed by atoms with Gasteiger partial charge in [-0.05, 0) is 62.3 Å². The highest BCUT2D eigenvalue weighted by Gasteiger charge is 2.32. The summed E-state index contributed by atoms with van der Waals surface area (Å²) in [5.41, 5.74) is 0. The van der Waals surface area contributed by atoms with Gasteiger partial charge in [0, 0.05) is 6.04 Å². The lowest BCUT2D eigenvalue weighted by Crippen LogP contribution is -2.33. The van der Waals surface area contributed by atoms with Crippen molar-refractivity contribution >= 4 is 0 Å². The van der Waals surface area contributed by atoms with Gasteiger partial charge < -0.3 is 5.32 Å². The molecule has 1 heteroatoms. The fourth-order valence-corrected chi connectivity index (χ4v) is 4.69. The molecule has 0 spiro atoms. The van der Waals surface area contributed by atoms with Crippen LogP contribution in [0.15, 0.2) is 0 Å². The molecule has 106 valence electrons. The first-order chi connectivity index (χ1) is 8.69. The first-order valence-electron chi connectivity index (χ1n) is 8.42. The summed E-state index contributed by atoms with van der Waals surface area (Å²) in [4.78, 5) is 0. The van der Waals surface area contributed by atoms with E-state index in [9.17, 15) is 0 Å². The smallest absolute Gasteiger partial charge is 0.00696 e. The van der Waals surface area contributed by atoms with E-state index >= 15 is 0 Å². The quantitative estimate of drug-likeness (QED) is 0.722. The molecule has 0 bridgehead atoms. The van der Waals surface area contributed by atoms with E-state index in [2.05, 4.69) is 26.1 Å². The maximum absolute atomic E-state index is 3.72. The maximum Gasteiger partial charge on any atom is 0.00696 e. The van der Waals surface area contributed by atoms with Gasteiger partial charge in [-0.15, -0.1) is 0 Å². The third-order valence-corrected chi connectivity index (χ3v) is 5.34. The van der Waals surface area contributed by atoms with Gasteiger partial charge in [-0.3, -0.25) is 0 Å². The van der Waals surface area contributed by atoms with E-state index in [0.717, 1.165) is 36.3 Å². The molecular weight excluding hydrogens is 218 g/mol. The highest BCUT2D eigenvalue weighted by atomic mass is 14.9. The van der Waals surface area contributed by atoms with E-state index < -0.39 is 0 Å². The molecule has 4 atom stereocenters. The van der Waals surface area contributed by atoms with Gasteiger partial charge in [-0.1, -0.05) is 40.0 Å². The predicted octanol–water partition coefficient (Wildman–Crippen LogP) is 4.62. The second kappa shape index (κ2) is 6.93. The van der Waals surface area contributed by atoms with Crippen molar-refractivity contribution in [1.82, 2.24) is 5.32 Å². The molecule has 4 unspecified atom stereocenters. The van der Waals surface area contributed by atoms with Gasteiger partial charge in [0.25, 0.3) is 0 Å². The van der Waals surface area contributed by atoms with Crippen LogP contribution in [0.4, 0.5) is 0 Å². The van der Waals surface area contributed by atoms with Crippen LogP contribution >= 0.6 is 0 Å². The normalized spacial score (nSPS) is 42.5. The third kappa shape index (κ3) is 3.98. The molecule has 18 heavy (non-hydrogen) atoms. The van der Waals surface area contributed by atoms with Crippen LogP contribution in [-0.4, -0.2) is 12.6 Å². The number of hydrogen-bond acceptors (Lipinski definition) is 1. The minimum absolute atomic E-state index is 0.815. The van der Waals surface area contributed by atoms with E-state index in [0.29, 0.717) is 0 Å². The van der Waals surface area contributed by atoms with Crippen molar-refractivity contribution in [2.45, 2.75) is 78.2 Å². The molecule has 0 heterocycles. The van der Waals surface area contributed by atoms with Crippen LogP contribution in [0.2, 0.25) is 0 Å². The van der Waals surface area contributed by atoms with Crippen molar-refractivity contribution in [2.75, 3.05) is 6.54 Å². The Morgan fingerprint density at radius 3 is 2.17 bits per heavy atom. The minimum atomic E-state index is 0.815. The minimum Gasteiger partial charge on any atom is -0.314 e. The fourth-order valence-electron chi connectivity index (χ4n) is 4.69. The van der Waals surface area contributed by atoms with Crippen LogP contribution in [0, 0.1) is 23.7 Å². The van der Waals surface area contributed by atoms with Gasteiger partial charge in [0.05, 0.1) is 0 Å². The van der Waals surface area contributed by atoms with E-state index in [1.54, 1.807) is 0 Å². The Labute approximate surface area is 114 Å². The second-order valence-electron chi connectivity index (χ2n) is 7.21. The molecule has 2 fully saturated rings. The van der Waals surface area contributed by atoms with Crippen molar-refractivity contribution in [2.24, 2.45) is 23.7 Å². The Morgan fingerprint density at radius 1 is 0.833 bits per heavy atom. The molecule has 0 aromatic rings. The van der Waals surface area contributed by atoms with Gasteiger partial charge in [-0.25, -0.2) is 0 Å². The van der Waals surface area contributed by atoms with Crippen molar-refractivity contribution < 1.29 is 0 Å². The summed E-state index contributed by atoms with van der Waals surface area (Å²) in [5, 5.41) is 3.72. The zero-order chi connectivity index (χ0) is 13.0. The summed E-state index contributed by atoms with van der Waals surface area (Å²) in [7, 11) is 0. The van der Waals surface area contributed by atoms with E-state index in [-0.39, 0.29) is 0 Å².